The lowest BCUT2D eigenvalue weighted by Crippen LogP contribution is -2.14. The predicted octanol–water partition coefficient (Wildman–Crippen LogP) is 2.69. The second-order valence-corrected chi connectivity index (χ2v) is 4.09. The fourth-order valence-electron chi connectivity index (χ4n) is 1.09. The van der Waals surface area contributed by atoms with E-state index in [0.29, 0.717) is 0 Å². The van der Waals surface area contributed by atoms with Crippen molar-refractivity contribution in [3.8, 4) is 5.75 Å². The minimum atomic E-state index is 0.784. The van der Waals surface area contributed by atoms with Gasteiger partial charge in [-0.3, -0.25) is 0 Å². The van der Waals surface area contributed by atoms with Gasteiger partial charge in [-0.1, -0.05) is 34.6 Å². The highest BCUT2D eigenvalue weighted by atomic mass is 79.9. The molecule has 0 amide bonds. The minimum Gasteiger partial charge on any atom is -0.497 e. The molecule has 0 saturated carbocycles. The minimum absolute atomic E-state index is 0.784. The summed E-state index contributed by atoms with van der Waals surface area (Å²) in [5.74, 6) is 0.888. The first-order valence-electron chi connectivity index (χ1n) is 4.39. The van der Waals surface area contributed by atoms with Gasteiger partial charge in [0.2, 0.25) is 0 Å². The quantitative estimate of drug-likeness (QED) is 0.874. The van der Waals surface area contributed by atoms with Crippen molar-refractivity contribution in [3.05, 3.63) is 40.9 Å². The molecular weight excluding hydrogens is 242 g/mol. The van der Waals surface area contributed by atoms with Crippen LogP contribution in [-0.2, 0) is 6.54 Å². The SMILES string of the molecule is C=C(Br)CNCc1ccc(OC)cc1. The molecule has 0 heterocycles. The molecule has 2 nitrogen and oxygen atoms in total. The van der Waals surface area contributed by atoms with Crippen LogP contribution in [0.4, 0.5) is 0 Å². The first-order valence-corrected chi connectivity index (χ1v) is 5.18. The van der Waals surface area contributed by atoms with Crippen LogP contribution in [0.1, 0.15) is 5.56 Å². The number of ether oxygens (including phenoxy) is 1. The molecule has 0 aliphatic carbocycles. The molecule has 1 rings (SSSR count). The Morgan fingerprint density at radius 3 is 2.57 bits per heavy atom. The molecule has 1 N–H and O–H groups in total. The molecule has 0 spiro atoms. The van der Waals surface area contributed by atoms with Gasteiger partial charge in [-0.2, -0.15) is 0 Å². The summed E-state index contributed by atoms with van der Waals surface area (Å²) in [5, 5.41) is 3.25. The molecule has 0 aliphatic heterocycles. The van der Waals surface area contributed by atoms with E-state index in [0.717, 1.165) is 23.3 Å². The summed E-state index contributed by atoms with van der Waals surface area (Å²) in [6, 6.07) is 8.01. The number of nitrogens with one attached hydrogen (secondary N) is 1. The monoisotopic (exact) mass is 255 g/mol. The fourth-order valence-corrected chi connectivity index (χ4v) is 1.28. The van der Waals surface area contributed by atoms with Gasteiger partial charge in [-0.05, 0) is 17.7 Å². The maximum absolute atomic E-state index is 5.07. The predicted molar refractivity (Wildman–Crippen MR) is 62.8 cm³/mol. The van der Waals surface area contributed by atoms with Crippen LogP contribution >= 0.6 is 15.9 Å². The third-order valence-electron chi connectivity index (χ3n) is 1.80. The van der Waals surface area contributed by atoms with Gasteiger partial charge in [0.15, 0.2) is 0 Å². The van der Waals surface area contributed by atoms with E-state index in [9.17, 15) is 0 Å². The van der Waals surface area contributed by atoms with Crippen molar-refractivity contribution in [2.24, 2.45) is 0 Å². The second kappa shape index (κ2) is 5.83. The van der Waals surface area contributed by atoms with Crippen molar-refractivity contribution in [3.63, 3.8) is 0 Å². The summed E-state index contributed by atoms with van der Waals surface area (Å²) in [7, 11) is 1.67. The lowest BCUT2D eigenvalue weighted by atomic mass is 10.2. The summed E-state index contributed by atoms with van der Waals surface area (Å²) in [5.41, 5.74) is 1.24. The van der Waals surface area contributed by atoms with Gasteiger partial charge in [-0.15, -0.1) is 0 Å². The molecule has 3 heteroatoms. The molecule has 0 saturated heterocycles. The van der Waals surface area contributed by atoms with Gasteiger partial charge in [0, 0.05) is 17.6 Å². The average molecular weight is 256 g/mol. The number of hydrogen-bond acceptors (Lipinski definition) is 2. The van der Waals surface area contributed by atoms with Crippen molar-refractivity contribution in [1.82, 2.24) is 5.32 Å². The third kappa shape index (κ3) is 3.94. The highest BCUT2D eigenvalue weighted by molar-refractivity contribution is 9.11. The molecule has 0 atom stereocenters. The summed E-state index contributed by atoms with van der Waals surface area (Å²) in [4.78, 5) is 0. The molecule has 0 fully saturated rings. The van der Waals surface area contributed by atoms with Crippen molar-refractivity contribution >= 4 is 15.9 Å². The summed E-state index contributed by atoms with van der Waals surface area (Å²) in [6.45, 7) is 5.37. The summed E-state index contributed by atoms with van der Waals surface area (Å²) >= 11 is 3.29. The van der Waals surface area contributed by atoms with Gasteiger partial charge in [-0.25, -0.2) is 0 Å². The Morgan fingerprint density at radius 2 is 2.07 bits per heavy atom. The van der Waals surface area contributed by atoms with E-state index in [2.05, 4.69) is 27.8 Å². The van der Waals surface area contributed by atoms with Crippen LogP contribution in [0.2, 0.25) is 0 Å². The molecule has 1 aromatic rings. The Morgan fingerprint density at radius 1 is 1.43 bits per heavy atom. The molecule has 76 valence electrons. The second-order valence-electron chi connectivity index (χ2n) is 2.97. The lowest BCUT2D eigenvalue weighted by Gasteiger charge is -2.04. The number of halogens is 1. The fraction of sp³-hybridized carbons (Fsp3) is 0.273. The first kappa shape index (κ1) is 11.3. The van der Waals surface area contributed by atoms with Crippen LogP contribution in [0.5, 0.6) is 5.75 Å². The zero-order chi connectivity index (χ0) is 10.4. The van der Waals surface area contributed by atoms with Crippen molar-refractivity contribution < 1.29 is 4.74 Å². The van der Waals surface area contributed by atoms with Gasteiger partial charge < -0.3 is 10.1 Å². The van der Waals surface area contributed by atoms with Crippen molar-refractivity contribution in [2.45, 2.75) is 6.54 Å². The highest BCUT2D eigenvalue weighted by Gasteiger charge is 1.94. The van der Waals surface area contributed by atoms with Crippen LogP contribution in [0.15, 0.2) is 35.3 Å². The Labute approximate surface area is 93.1 Å². The standard InChI is InChI=1S/C11H14BrNO/c1-9(12)7-13-8-10-3-5-11(14-2)6-4-10/h3-6,13H,1,7-8H2,2H3. The average Bonchev–Trinajstić information content (AvgIpc) is 2.18. The van der Waals surface area contributed by atoms with E-state index in [4.69, 9.17) is 4.74 Å². The largest absolute Gasteiger partial charge is 0.497 e. The van der Waals surface area contributed by atoms with E-state index >= 15 is 0 Å². The van der Waals surface area contributed by atoms with Crippen LogP contribution in [-0.4, -0.2) is 13.7 Å². The molecule has 0 bridgehead atoms. The van der Waals surface area contributed by atoms with E-state index in [-0.39, 0.29) is 0 Å². The molecule has 0 aliphatic rings. The number of hydrogen-bond donors (Lipinski definition) is 1. The zero-order valence-corrected chi connectivity index (χ0v) is 9.80. The van der Waals surface area contributed by atoms with Gasteiger partial charge in [0.1, 0.15) is 5.75 Å². The number of rotatable bonds is 5. The smallest absolute Gasteiger partial charge is 0.118 e. The number of benzene rings is 1. The Balaban J connectivity index is 2.40. The third-order valence-corrected chi connectivity index (χ3v) is 2.09. The Bertz CT molecular complexity index is 295. The van der Waals surface area contributed by atoms with Crippen LogP contribution in [0.3, 0.4) is 0 Å². The molecule has 0 radical (unpaired) electrons. The van der Waals surface area contributed by atoms with E-state index in [1.807, 2.05) is 24.3 Å². The van der Waals surface area contributed by atoms with Crippen LogP contribution < -0.4 is 10.1 Å². The Kier molecular flexibility index (Phi) is 4.70. The van der Waals surface area contributed by atoms with Gasteiger partial charge >= 0.3 is 0 Å². The zero-order valence-electron chi connectivity index (χ0n) is 8.22. The molecular formula is C11H14BrNO. The van der Waals surface area contributed by atoms with Crippen molar-refractivity contribution in [1.29, 1.82) is 0 Å². The first-order chi connectivity index (χ1) is 6.72. The van der Waals surface area contributed by atoms with E-state index in [1.165, 1.54) is 5.56 Å². The van der Waals surface area contributed by atoms with E-state index in [1.54, 1.807) is 7.11 Å². The lowest BCUT2D eigenvalue weighted by molar-refractivity contribution is 0.414. The maximum Gasteiger partial charge on any atom is 0.118 e. The van der Waals surface area contributed by atoms with Crippen LogP contribution in [0.25, 0.3) is 0 Å². The summed E-state index contributed by atoms with van der Waals surface area (Å²) in [6.07, 6.45) is 0. The molecule has 0 aromatic heterocycles. The van der Waals surface area contributed by atoms with Crippen LogP contribution in [0, 0.1) is 0 Å². The highest BCUT2D eigenvalue weighted by Crippen LogP contribution is 2.11. The summed E-state index contributed by atoms with van der Waals surface area (Å²) < 4.78 is 6.03. The molecule has 1 aromatic carbocycles. The van der Waals surface area contributed by atoms with Gasteiger partial charge in [0.05, 0.1) is 7.11 Å². The molecule has 0 unspecified atom stereocenters. The van der Waals surface area contributed by atoms with E-state index < -0.39 is 0 Å². The van der Waals surface area contributed by atoms with Gasteiger partial charge in [0.25, 0.3) is 0 Å². The topological polar surface area (TPSA) is 21.3 Å². The maximum atomic E-state index is 5.07. The number of methoxy groups -OCH3 is 1. The van der Waals surface area contributed by atoms with Crippen molar-refractivity contribution in [2.75, 3.05) is 13.7 Å². The molecule has 14 heavy (non-hydrogen) atoms. The Hall–Kier alpha value is -0.800. The normalized spacial score (nSPS) is 9.86.